The van der Waals surface area contributed by atoms with E-state index >= 15 is 0 Å². The monoisotopic (exact) mass is 193 g/mol. The van der Waals surface area contributed by atoms with E-state index in [4.69, 9.17) is 10.8 Å². The van der Waals surface area contributed by atoms with Crippen LogP contribution in [-0.4, -0.2) is 32.8 Å². The number of nitrogens with two attached hydrogens (primary N) is 1. The fourth-order valence-corrected chi connectivity index (χ4v) is 1.98. The molecule has 0 saturated carbocycles. The van der Waals surface area contributed by atoms with Gasteiger partial charge >= 0.3 is 5.97 Å². The van der Waals surface area contributed by atoms with Gasteiger partial charge < -0.3 is 10.8 Å². The minimum Gasteiger partial charge on any atom is -0.480 e. The zero-order valence-electron chi connectivity index (χ0n) is 7.16. The van der Waals surface area contributed by atoms with Crippen LogP contribution in [-0.2, 0) is 15.6 Å². The van der Waals surface area contributed by atoms with E-state index in [-0.39, 0.29) is 5.75 Å². The van der Waals surface area contributed by atoms with Crippen molar-refractivity contribution in [3.8, 4) is 0 Å². The van der Waals surface area contributed by atoms with Gasteiger partial charge in [0.15, 0.2) is 0 Å². The number of rotatable bonds is 6. The second-order valence-electron chi connectivity index (χ2n) is 2.61. The molecule has 0 radical (unpaired) electrons. The van der Waals surface area contributed by atoms with E-state index < -0.39 is 22.8 Å². The van der Waals surface area contributed by atoms with Crippen LogP contribution in [0, 0.1) is 0 Å². The lowest BCUT2D eigenvalue weighted by Crippen LogP contribution is -2.36. The fourth-order valence-electron chi connectivity index (χ4n) is 0.660. The minimum atomic E-state index is -1.08. The van der Waals surface area contributed by atoms with E-state index in [1.54, 1.807) is 0 Å². The van der Waals surface area contributed by atoms with Crippen LogP contribution in [0.1, 0.15) is 19.8 Å². The van der Waals surface area contributed by atoms with Crippen molar-refractivity contribution in [2.24, 2.45) is 5.73 Å². The lowest BCUT2D eigenvalue weighted by Gasteiger charge is -2.04. The normalized spacial score (nSPS) is 15.5. The topological polar surface area (TPSA) is 80.4 Å². The smallest absolute Gasteiger partial charge is 0.321 e. The van der Waals surface area contributed by atoms with Crippen molar-refractivity contribution in [3.05, 3.63) is 0 Å². The lowest BCUT2D eigenvalue weighted by molar-refractivity contribution is -0.137. The van der Waals surface area contributed by atoms with E-state index in [9.17, 15) is 9.00 Å². The predicted octanol–water partition coefficient (Wildman–Crippen LogP) is -0.0529. The zero-order valence-corrected chi connectivity index (χ0v) is 7.97. The van der Waals surface area contributed by atoms with Crippen LogP contribution in [0.25, 0.3) is 0 Å². The maximum absolute atomic E-state index is 11.1. The van der Waals surface area contributed by atoms with Gasteiger partial charge in [0.1, 0.15) is 6.04 Å². The molecule has 0 heterocycles. The molecule has 0 spiro atoms. The standard InChI is InChI=1S/C7H15NO3S/c1-2-3-4-12(11)5-6(8)7(9)10/h6H,2-5,8H2,1H3,(H,9,10)/t6-,12-/m0/s1. The molecule has 0 aromatic heterocycles. The molecule has 72 valence electrons. The number of unbranched alkanes of at least 4 members (excludes halogenated alkanes) is 1. The van der Waals surface area contributed by atoms with Gasteiger partial charge in [0.2, 0.25) is 0 Å². The summed E-state index contributed by atoms with van der Waals surface area (Å²) in [4.78, 5) is 10.2. The van der Waals surface area contributed by atoms with E-state index in [1.807, 2.05) is 6.92 Å². The van der Waals surface area contributed by atoms with Crippen LogP contribution >= 0.6 is 0 Å². The summed E-state index contributed by atoms with van der Waals surface area (Å²) in [5, 5.41) is 8.40. The maximum Gasteiger partial charge on any atom is 0.321 e. The summed E-state index contributed by atoms with van der Waals surface area (Å²) in [7, 11) is -1.08. The number of hydrogen-bond donors (Lipinski definition) is 2. The fraction of sp³-hybridized carbons (Fsp3) is 0.857. The van der Waals surface area contributed by atoms with Gasteiger partial charge in [-0.2, -0.15) is 0 Å². The summed E-state index contributed by atoms with van der Waals surface area (Å²) in [5.74, 6) is -0.466. The number of carboxylic acid groups (broad SMARTS) is 1. The van der Waals surface area contributed by atoms with Crippen LogP contribution in [0.2, 0.25) is 0 Å². The van der Waals surface area contributed by atoms with E-state index in [2.05, 4.69) is 0 Å². The van der Waals surface area contributed by atoms with Crippen molar-refractivity contribution in [1.82, 2.24) is 0 Å². The molecule has 0 bridgehead atoms. The molecule has 5 heteroatoms. The van der Waals surface area contributed by atoms with E-state index in [0.29, 0.717) is 5.75 Å². The van der Waals surface area contributed by atoms with Crippen molar-refractivity contribution in [2.45, 2.75) is 25.8 Å². The molecule has 0 rings (SSSR count). The second-order valence-corrected chi connectivity index (χ2v) is 4.23. The van der Waals surface area contributed by atoms with Crippen LogP contribution in [0.15, 0.2) is 0 Å². The van der Waals surface area contributed by atoms with E-state index in [1.165, 1.54) is 0 Å². The van der Waals surface area contributed by atoms with Crippen LogP contribution in [0.5, 0.6) is 0 Å². The average molecular weight is 193 g/mol. The Kier molecular flexibility index (Phi) is 5.92. The first-order valence-corrected chi connectivity index (χ1v) is 5.40. The van der Waals surface area contributed by atoms with Crippen molar-refractivity contribution in [1.29, 1.82) is 0 Å². The molecule has 0 fully saturated rings. The predicted molar refractivity (Wildman–Crippen MR) is 48.4 cm³/mol. The number of carboxylic acids is 1. The lowest BCUT2D eigenvalue weighted by atomic mass is 10.4. The Morgan fingerprint density at radius 2 is 2.25 bits per heavy atom. The first-order chi connectivity index (χ1) is 5.57. The highest BCUT2D eigenvalue weighted by Crippen LogP contribution is 1.94. The first kappa shape index (κ1) is 11.6. The molecule has 0 aromatic carbocycles. The van der Waals surface area contributed by atoms with Gasteiger partial charge in [-0.3, -0.25) is 9.00 Å². The summed E-state index contributed by atoms with van der Waals surface area (Å²) in [6.07, 6.45) is 1.83. The Hall–Kier alpha value is -0.420. The highest BCUT2D eigenvalue weighted by Gasteiger charge is 2.14. The number of carbonyl (C=O) groups is 1. The van der Waals surface area contributed by atoms with Gasteiger partial charge in [-0.25, -0.2) is 0 Å². The molecule has 3 N–H and O–H groups in total. The molecule has 4 nitrogen and oxygen atoms in total. The second kappa shape index (κ2) is 6.14. The van der Waals surface area contributed by atoms with Gasteiger partial charge in [-0.05, 0) is 6.42 Å². The number of aliphatic carboxylic acids is 1. The average Bonchev–Trinajstić information content (AvgIpc) is 2.00. The Morgan fingerprint density at radius 1 is 1.67 bits per heavy atom. The Morgan fingerprint density at radius 3 is 2.67 bits per heavy atom. The van der Waals surface area contributed by atoms with Gasteiger partial charge in [-0.1, -0.05) is 13.3 Å². The quantitative estimate of drug-likeness (QED) is 0.619. The molecule has 12 heavy (non-hydrogen) atoms. The first-order valence-electron chi connectivity index (χ1n) is 3.91. The van der Waals surface area contributed by atoms with Gasteiger partial charge in [-0.15, -0.1) is 0 Å². The number of hydrogen-bond acceptors (Lipinski definition) is 3. The Labute approximate surface area is 74.6 Å². The molecule has 0 aliphatic carbocycles. The van der Waals surface area contributed by atoms with Gasteiger partial charge in [0.05, 0.1) is 0 Å². The largest absolute Gasteiger partial charge is 0.480 e. The molecule has 2 atom stereocenters. The summed E-state index contributed by atoms with van der Waals surface area (Å²) >= 11 is 0. The molecule has 0 unspecified atom stereocenters. The van der Waals surface area contributed by atoms with E-state index in [0.717, 1.165) is 12.8 Å². The van der Waals surface area contributed by atoms with Gasteiger partial charge in [0.25, 0.3) is 0 Å². The molecular weight excluding hydrogens is 178 g/mol. The molecule has 0 aliphatic rings. The van der Waals surface area contributed by atoms with Crippen molar-refractivity contribution < 1.29 is 14.1 Å². The summed E-state index contributed by atoms with van der Waals surface area (Å²) in [5.41, 5.74) is 5.20. The van der Waals surface area contributed by atoms with Crippen molar-refractivity contribution >= 4 is 16.8 Å². The van der Waals surface area contributed by atoms with Crippen LogP contribution < -0.4 is 5.73 Å². The van der Waals surface area contributed by atoms with Crippen LogP contribution in [0.3, 0.4) is 0 Å². The van der Waals surface area contributed by atoms with Crippen molar-refractivity contribution in [2.75, 3.05) is 11.5 Å². The Bertz CT molecular complexity index is 172. The van der Waals surface area contributed by atoms with Crippen molar-refractivity contribution in [3.63, 3.8) is 0 Å². The highest BCUT2D eigenvalue weighted by molar-refractivity contribution is 7.85. The summed E-state index contributed by atoms with van der Waals surface area (Å²) < 4.78 is 11.1. The van der Waals surface area contributed by atoms with Gasteiger partial charge in [0, 0.05) is 22.3 Å². The SMILES string of the molecule is CCCC[S@](=O)C[C@H](N)C(=O)O. The third-order valence-electron chi connectivity index (χ3n) is 1.41. The third-order valence-corrected chi connectivity index (χ3v) is 2.88. The molecule has 0 saturated heterocycles. The summed E-state index contributed by atoms with van der Waals surface area (Å²) in [6.45, 7) is 1.99. The third kappa shape index (κ3) is 5.26. The zero-order chi connectivity index (χ0) is 9.56. The molecule has 0 aromatic rings. The maximum atomic E-state index is 11.1. The highest BCUT2D eigenvalue weighted by atomic mass is 32.2. The Balaban J connectivity index is 3.61. The molecule has 0 amide bonds. The summed E-state index contributed by atoms with van der Waals surface area (Å²) in [6, 6.07) is -0.984. The van der Waals surface area contributed by atoms with Crippen LogP contribution in [0.4, 0.5) is 0 Å². The minimum absolute atomic E-state index is 0.0648. The molecular formula is C7H15NO3S. The molecule has 0 aliphatic heterocycles.